The molecular formula is C11H24N2O. The summed E-state index contributed by atoms with van der Waals surface area (Å²) in [6.07, 6.45) is 0. The quantitative estimate of drug-likeness (QED) is 0.722. The average Bonchev–Trinajstić information content (AvgIpc) is 1.97. The molecule has 0 radical (unpaired) electrons. The average molecular weight is 200 g/mol. The van der Waals surface area contributed by atoms with Crippen LogP contribution in [0.2, 0.25) is 0 Å². The first-order valence-electron chi connectivity index (χ1n) is 5.26. The predicted octanol–water partition coefficient (Wildman–Crippen LogP) is 1.54. The van der Waals surface area contributed by atoms with E-state index in [2.05, 4.69) is 31.4 Å². The van der Waals surface area contributed by atoms with E-state index in [9.17, 15) is 4.79 Å². The van der Waals surface area contributed by atoms with Crippen LogP contribution in [-0.2, 0) is 4.79 Å². The molecule has 0 aliphatic carbocycles. The number of rotatable bonds is 4. The van der Waals surface area contributed by atoms with E-state index in [1.807, 2.05) is 20.8 Å². The second kappa shape index (κ2) is 5.35. The summed E-state index contributed by atoms with van der Waals surface area (Å²) < 4.78 is 0. The Morgan fingerprint density at radius 1 is 1.21 bits per heavy atom. The van der Waals surface area contributed by atoms with Crippen LogP contribution in [-0.4, -0.2) is 24.5 Å². The lowest BCUT2D eigenvalue weighted by Gasteiger charge is -2.22. The first-order valence-corrected chi connectivity index (χ1v) is 5.26. The molecule has 0 rings (SSSR count). The largest absolute Gasteiger partial charge is 0.353 e. The summed E-state index contributed by atoms with van der Waals surface area (Å²) in [7, 11) is 0. The van der Waals surface area contributed by atoms with Gasteiger partial charge in [-0.2, -0.15) is 0 Å². The number of carbonyl (C=O) groups excluding carboxylic acids is 1. The summed E-state index contributed by atoms with van der Waals surface area (Å²) in [6.45, 7) is 13.1. The van der Waals surface area contributed by atoms with E-state index in [1.54, 1.807) is 0 Å². The van der Waals surface area contributed by atoms with Gasteiger partial charge in [0.2, 0.25) is 5.91 Å². The van der Waals surface area contributed by atoms with Gasteiger partial charge in [-0.3, -0.25) is 4.79 Å². The number of amides is 1. The van der Waals surface area contributed by atoms with Crippen molar-refractivity contribution in [2.24, 2.45) is 5.41 Å². The van der Waals surface area contributed by atoms with Gasteiger partial charge in [0.1, 0.15) is 0 Å². The minimum Gasteiger partial charge on any atom is -0.353 e. The molecule has 0 aromatic heterocycles. The van der Waals surface area contributed by atoms with Crippen molar-refractivity contribution in [3.05, 3.63) is 0 Å². The van der Waals surface area contributed by atoms with Crippen LogP contribution in [0.25, 0.3) is 0 Å². The summed E-state index contributed by atoms with van der Waals surface area (Å²) in [5.41, 5.74) is 0.215. The molecule has 3 heteroatoms. The molecule has 1 amide bonds. The first kappa shape index (κ1) is 13.4. The van der Waals surface area contributed by atoms with E-state index in [4.69, 9.17) is 0 Å². The Morgan fingerprint density at radius 2 is 1.71 bits per heavy atom. The fraction of sp³-hybridized carbons (Fsp3) is 0.909. The van der Waals surface area contributed by atoms with Gasteiger partial charge in [0.05, 0.1) is 6.04 Å². The topological polar surface area (TPSA) is 41.1 Å². The number of hydrogen-bond acceptors (Lipinski definition) is 2. The summed E-state index contributed by atoms with van der Waals surface area (Å²) in [5.74, 6) is 0.0734. The molecule has 0 saturated carbocycles. The van der Waals surface area contributed by atoms with Crippen molar-refractivity contribution in [3.63, 3.8) is 0 Å². The van der Waals surface area contributed by atoms with Gasteiger partial charge in [-0.25, -0.2) is 0 Å². The van der Waals surface area contributed by atoms with Crippen molar-refractivity contribution in [2.45, 2.75) is 53.6 Å². The number of carbonyl (C=O) groups is 1. The molecule has 84 valence electrons. The maximum Gasteiger partial charge on any atom is 0.237 e. The molecule has 3 nitrogen and oxygen atoms in total. The molecule has 2 N–H and O–H groups in total. The van der Waals surface area contributed by atoms with E-state index in [1.165, 1.54) is 0 Å². The third kappa shape index (κ3) is 6.89. The minimum absolute atomic E-state index is 0.0734. The Bertz CT molecular complexity index is 182. The zero-order chi connectivity index (χ0) is 11.4. The smallest absolute Gasteiger partial charge is 0.237 e. The third-order valence-corrected chi connectivity index (χ3v) is 1.76. The molecule has 0 bridgehead atoms. The van der Waals surface area contributed by atoms with Crippen LogP contribution in [0.4, 0.5) is 0 Å². The molecule has 1 atom stereocenters. The van der Waals surface area contributed by atoms with Crippen LogP contribution in [0.1, 0.15) is 41.5 Å². The Morgan fingerprint density at radius 3 is 2.07 bits per heavy atom. The van der Waals surface area contributed by atoms with Gasteiger partial charge in [0, 0.05) is 12.6 Å². The highest BCUT2D eigenvalue weighted by molar-refractivity contribution is 5.81. The molecule has 0 aliphatic rings. The summed E-state index contributed by atoms with van der Waals surface area (Å²) in [6, 6.07) is 0.0954. The van der Waals surface area contributed by atoms with Crippen LogP contribution < -0.4 is 10.6 Å². The molecule has 0 spiro atoms. The van der Waals surface area contributed by atoms with E-state index < -0.39 is 0 Å². The fourth-order valence-electron chi connectivity index (χ4n) is 0.961. The van der Waals surface area contributed by atoms with Gasteiger partial charge in [-0.15, -0.1) is 0 Å². The molecule has 0 aliphatic heterocycles. The maximum atomic E-state index is 11.5. The van der Waals surface area contributed by atoms with E-state index >= 15 is 0 Å². The normalized spacial score (nSPS) is 14.2. The highest BCUT2D eigenvalue weighted by Crippen LogP contribution is 2.10. The molecule has 0 aromatic carbocycles. The predicted molar refractivity (Wildman–Crippen MR) is 60.2 cm³/mol. The van der Waals surface area contributed by atoms with Crippen molar-refractivity contribution in [2.75, 3.05) is 6.54 Å². The molecule has 1 unspecified atom stereocenters. The summed E-state index contributed by atoms with van der Waals surface area (Å²) in [4.78, 5) is 11.5. The van der Waals surface area contributed by atoms with Crippen molar-refractivity contribution in [3.8, 4) is 0 Å². The first-order chi connectivity index (χ1) is 6.22. The highest BCUT2D eigenvalue weighted by Gasteiger charge is 2.16. The zero-order valence-corrected chi connectivity index (χ0v) is 10.3. The summed E-state index contributed by atoms with van der Waals surface area (Å²) in [5, 5.41) is 6.09. The van der Waals surface area contributed by atoms with E-state index in [0.29, 0.717) is 0 Å². The van der Waals surface area contributed by atoms with Crippen molar-refractivity contribution in [1.82, 2.24) is 10.6 Å². The lowest BCUT2D eigenvalue weighted by molar-refractivity contribution is -0.123. The van der Waals surface area contributed by atoms with Gasteiger partial charge < -0.3 is 10.6 Å². The lowest BCUT2D eigenvalue weighted by atomic mass is 9.96. The van der Waals surface area contributed by atoms with Crippen LogP contribution in [0.3, 0.4) is 0 Å². The number of hydrogen-bond donors (Lipinski definition) is 2. The van der Waals surface area contributed by atoms with Crippen molar-refractivity contribution in [1.29, 1.82) is 0 Å². The number of nitrogens with one attached hydrogen (secondary N) is 2. The van der Waals surface area contributed by atoms with Gasteiger partial charge in [-0.05, 0) is 26.2 Å². The Labute approximate surface area is 87.6 Å². The van der Waals surface area contributed by atoms with Gasteiger partial charge in [-0.1, -0.05) is 20.8 Å². The maximum absolute atomic E-state index is 11.5. The Balaban J connectivity index is 3.85. The van der Waals surface area contributed by atoms with Gasteiger partial charge in [0.25, 0.3) is 0 Å². The van der Waals surface area contributed by atoms with Crippen LogP contribution >= 0.6 is 0 Å². The molecule has 0 fully saturated rings. The Kier molecular flexibility index (Phi) is 5.13. The van der Waals surface area contributed by atoms with Crippen LogP contribution in [0.15, 0.2) is 0 Å². The molecule has 0 heterocycles. The molecule has 14 heavy (non-hydrogen) atoms. The van der Waals surface area contributed by atoms with Crippen molar-refractivity contribution >= 4 is 5.91 Å². The zero-order valence-electron chi connectivity index (χ0n) is 10.3. The summed E-state index contributed by atoms with van der Waals surface area (Å²) >= 11 is 0. The standard InChI is InChI=1S/C11H24N2O/c1-8(2)13-10(14)9(3)12-7-11(4,5)6/h8-9,12H,7H2,1-6H3,(H,13,14). The van der Waals surface area contributed by atoms with E-state index in [-0.39, 0.29) is 23.4 Å². The highest BCUT2D eigenvalue weighted by atomic mass is 16.2. The Hall–Kier alpha value is -0.570. The SMILES string of the molecule is CC(C)NC(=O)C(C)NCC(C)(C)C. The second-order valence-electron chi connectivity index (χ2n) is 5.33. The van der Waals surface area contributed by atoms with E-state index in [0.717, 1.165) is 6.54 Å². The second-order valence-corrected chi connectivity index (χ2v) is 5.33. The van der Waals surface area contributed by atoms with Crippen molar-refractivity contribution < 1.29 is 4.79 Å². The third-order valence-electron chi connectivity index (χ3n) is 1.76. The molecular weight excluding hydrogens is 176 g/mol. The minimum atomic E-state index is -0.114. The molecule has 0 saturated heterocycles. The van der Waals surface area contributed by atoms with Gasteiger partial charge in [0.15, 0.2) is 0 Å². The van der Waals surface area contributed by atoms with Gasteiger partial charge >= 0.3 is 0 Å². The fourth-order valence-corrected chi connectivity index (χ4v) is 0.961. The van der Waals surface area contributed by atoms with Crippen LogP contribution in [0, 0.1) is 5.41 Å². The molecule has 0 aromatic rings. The lowest BCUT2D eigenvalue weighted by Crippen LogP contribution is -2.46. The van der Waals surface area contributed by atoms with Crippen LogP contribution in [0.5, 0.6) is 0 Å². The monoisotopic (exact) mass is 200 g/mol.